The minimum Gasteiger partial charge on any atom is -0.361 e. The molecule has 68 valence electrons. The van der Waals surface area contributed by atoms with Crippen molar-refractivity contribution in [2.75, 3.05) is 5.33 Å². The number of aromatic nitrogens is 1. The number of hydrogen-bond donors (Lipinski definition) is 0. The maximum absolute atomic E-state index is 4.96. The number of alkyl halides is 1. The molecule has 2 nitrogen and oxygen atoms in total. The monoisotopic (exact) mass is 231 g/mol. The zero-order valence-electron chi connectivity index (χ0n) is 7.35. The Morgan fingerprint density at radius 1 is 1.42 bits per heavy atom. The van der Waals surface area contributed by atoms with Gasteiger partial charge in [-0.2, -0.15) is 0 Å². The fourth-order valence-electron chi connectivity index (χ4n) is 1.11. The SMILES string of the molecule is Cc1cc(CCCCCBr)no1. The van der Waals surface area contributed by atoms with Gasteiger partial charge < -0.3 is 4.52 Å². The van der Waals surface area contributed by atoms with Crippen molar-refractivity contribution in [2.24, 2.45) is 0 Å². The van der Waals surface area contributed by atoms with Crippen molar-refractivity contribution in [3.05, 3.63) is 17.5 Å². The summed E-state index contributed by atoms with van der Waals surface area (Å²) in [5, 5.41) is 5.03. The summed E-state index contributed by atoms with van der Waals surface area (Å²) in [5.41, 5.74) is 1.09. The fraction of sp³-hybridized carbons (Fsp3) is 0.667. The molecule has 0 aliphatic heterocycles. The van der Waals surface area contributed by atoms with Gasteiger partial charge in [-0.25, -0.2) is 0 Å². The molecule has 0 fully saturated rings. The van der Waals surface area contributed by atoms with Crippen molar-refractivity contribution in [1.82, 2.24) is 5.16 Å². The highest BCUT2D eigenvalue weighted by atomic mass is 79.9. The Balaban J connectivity index is 2.15. The Hall–Kier alpha value is -0.310. The van der Waals surface area contributed by atoms with Gasteiger partial charge in [0.1, 0.15) is 5.76 Å². The third-order valence-electron chi connectivity index (χ3n) is 1.74. The van der Waals surface area contributed by atoms with E-state index in [9.17, 15) is 0 Å². The third-order valence-corrected chi connectivity index (χ3v) is 2.30. The molecule has 0 N–H and O–H groups in total. The van der Waals surface area contributed by atoms with Gasteiger partial charge >= 0.3 is 0 Å². The summed E-state index contributed by atoms with van der Waals surface area (Å²) in [6.45, 7) is 1.93. The van der Waals surface area contributed by atoms with Crippen LogP contribution in [0, 0.1) is 6.92 Å². The van der Waals surface area contributed by atoms with E-state index in [0.717, 1.165) is 23.2 Å². The highest BCUT2D eigenvalue weighted by Crippen LogP contribution is 2.07. The van der Waals surface area contributed by atoms with Crippen LogP contribution in [0.15, 0.2) is 10.6 Å². The molecular formula is C9H14BrNO. The predicted molar refractivity (Wildman–Crippen MR) is 52.6 cm³/mol. The summed E-state index contributed by atoms with van der Waals surface area (Å²) in [6, 6.07) is 2.01. The van der Waals surface area contributed by atoms with Gasteiger partial charge in [0.2, 0.25) is 0 Å². The Bertz CT molecular complexity index is 222. The molecule has 0 bridgehead atoms. The van der Waals surface area contributed by atoms with E-state index in [-0.39, 0.29) is 0 Å². The lowest BCUT2D eigenvalue weighted by Gasteiger charge is -1.93. The topological polar surface area (TPSA) is 26.0 Å². The van der Waals surface area contributed by atoms with E-state index in [1.807, 2.05) is 13.0 Å². The van der Waals surface area contributed by atoms with Gasteiger partial charge in [-0.05, 0) is 26.2 Å². The van der Waals surface area contributed by atoms with Crippen LogP contribution in [0.5, 0.6) is 0 Å². The standard InChI is InChI=1S/C9H14BrNO/c1-8-7-9(11-12-8)5-3-2-4-6-10/h7H,2-6H2,1H3. The predicted octanol–water partition coefficient (Wildman–Crippen LogP) is 3.09. The average molecular weight is 232 g/mol. The molecule has 3 heteroatoms. The summed E-state index contributed by atoms with van der Waals surface area (Å²) in [6.07, 6.45) is 4.76. The zero-order chi connectivity index (χ0) is 8.81. The molecule has 1 rings (SSSR count). The van der Waals surface area contributed by atoms with Gasteiger partial charge in [-0.1, -0.05) is 27.5 Å². The van der Waals surface area contributed by atoms with Gasteiger partial charge in [0.15, 0.2) is 0 Å². The second-order valence-electron chi connectivity index (χ2n) is 2.93. The quantitative estimate of drug-likeness (QED) is 0.575. The molecule has 0 saturated heterocycles. The molecule has 0 aliphatic rings. The molecule has 1 heterocycles. The van der Waals surface area contributed by atoms with Gasteiger partial charge in [0.25, 0.3) is 0 Å². The normalized spacial score (nSPS) is 10.5. The third kappa shape index (κ3) is 3.39. The molecule has 0 radical (unpaired) electrons. The van der Waals surface area contributed by atoms with Crippen LogP contribution in [0.25, 0.3) is 0 Å². The summed E-state index contributed by atoms with van der Waals surface area (Å²) in [5.74, 6) is 0.908. The van der Waals surface area contributed by atoms with Crippen molar-refractivity contribution in [3.63, 3.8) is 0 Å². The van der Waals surface area contributed by atoms with Crippen LogP contribution < -0.4 is 0 Å². The van der Waals surface area contributed by atoms with Crippen LogP contribution in [0.1, 0.15) is 30.7 Å². The molecule has 0 aromatic carbocycles. The molecule has 0 aliphatic carbocycles. The minimum absolute atomic E-state index is 0.908. The van der Waals surface area contributed by atoms with E-state index in [1.165, 1.54) is 19.3 Å². The first-order chi connectivity index (χ1) is 5.83. The Morgan fingerprint density at radius 2 is 2.25 bits per heavy atom. The maximum Gasteiger partial charge on any atom is 0.133 e. The Morgan fingerprint density at radius 3 is 2.83 bits per heavy atom. The lowest BCUT2D eigenvalue weighted by molar-refractivity contribution is 0.389. The molecule has 0 amide bonds. The first kappa shape index (κ1) is 9.78. The molecule has 0 spiro atoms. The van der Waals surface area contributed by atoms with Crippen molar-refractivity contribution in [3.8, 4) is 0 Å². The van der Waals surface area contributed by atoms with E-state index < -0.39 is 0 Å². The van der Waals surface area contributed by atoms with Crippen LogP contribution in [0.3, 0.4) is 0 Å². The zero-order valence-corrected chi connectivity index (χ0v) is 8.93. The maximum atomic E-state index is 4.96. The number of hydrogen-bond acceptors (Lipinski definition) is 2. The van der Waals surface area contributed by atoms with Gasteiger partial charge in [0.05, 0.1) is 5.69 Å². The summed E-state index contributed by atoms with van der Waals surface area (Å²) < 4.78 is 4.96. The summed E-state index contributed by atoms with van der Waals surface area (Å²) >= 11 is 3.41. The summed E-state index contributed by atoms with van der Waals surface area (Å²) in [4.78, 5) is 0. The molecule has 0 atom stereocenters. The van der Waals surface area contributed by atoms with E-state index in [4.69, 9.17) is 4.52 Å². The first-order valence-electron chi connectivity index (χ1n) is 4.31. The molecule has 0 saturated carbocycles. The molecule has 1 aromatic rings. The van der Waals surface area contributed by atoms with E-state index in [0.29, 0.717) is 0 Å². The van der Waals surface area contributed by atoms with Crippen LogP contribution in [-0.4, -0.2) is 10.5 Å². The van der Waals surface area contributed by atoms with Gasteiger partial charge in [-0.3, -0.25) is 0 Å². The van der Waals surface area contributed by atoms with E-state index in [2.05, 4.69) is 21.1 Å². The largest absolute Gasteiger partial charge is 0.361 e. The number of rotatable bonds is 5. The van der Waals surface area contributed by atoms with Crippen molar-refractivity contribution in [2.45, 2.75) is 32.6 Å². The van der Waals surface area contributed by atoms with E-state index >= 15 is 0 Å². The van der Waals surface area contributed by atoms with Crippen molar-refractivity contribution >= 4 is 15.9 Å². The molecular weight excluding hydrogens is 218 g/mol. The highest BCUT2D eigenvalue weighted by molar-refractivity contribution is 9.09. The number of nitrogens with zero attached hydrogens (tertiary/aromatic N) is 1. The lowest BCUT2D eigenvalue weighted by atomic mass is 10.1. The van der Waals surface area contributed by atoms with Gasteiger partial charge in [-0.15, -0.1) is 0 Å². The molecule has 12 heavy (non-hydrogen) atoms. The molecule has 1 aromatic heterocycles. The van der Waals surface area contributed by atoms with Crippen LogP contribution in [0.2, 0.25) is 0 Å². The van der Waals surface area contributed by atoms with Gasteiger partial charge in [0, 0.05) is 11.4 Å². The smallest absolute Gasteiger partial charge is 0.133 e. The average Bonchev–Trinajstić information content (AvgIpc) is 2.45. The summed E-state index contributed by atoms with van der Waals surface area (Å²) in [7, 11) is 0. The number of halogens is 1. The number of unbranched alkanes of at least 4 members (excludes halogenated alkanes) is 2. The van der Waals surface area contributed by atoms with Crippen molar-refractivity contribution in [1.29, 1.82) is 0 Å². The van der Waals surface area contributed by atoms with Crippen LogP contribution >= 0.6 is 15.9 Å². The van der Waals surface area contributed by atoms with E-state index in [1.54, 1.807) is 0 Å². The fourth-order valence-corrected chi connectivity index (χ4v) is 1.51. The highest BCUT2D eigenvalue weighted by Gasteiger charge is 1.98. The Kier molecular flexibility index (Phi) is 4.36. The second-order valence-corrected chi connectivity index (χ2v) is 3.72. The Labute approximate surface area is 81.5 Å². The number of aryl methyl sites for hydroxylation is 2. The van der Waals surface area contributed by atoms with Crippen LogP contribution in [-0.2, 0) is 6.42 Å². The minimum atomic E-state index is 0.908. The van der Waals surface area contributed by atoms with Crippen molar-refractivity contribution < 1.29 is 4.52 Å². The lowest BCUT2D eigenvalue weighted by Crippen LogP contribution is -1.85. The second kappa shape index (κ2) is 5.36. The first-order valence-corrected chi connectivity index (χ1v) is 5.43. The van der Waals surface area contributed by atoms with Crippen LogP contribution in [0.4, 0.5) is 0 Å². The molecule has 0 unspecified atom stereocenters.